The summed E-state index contributed by atoms with van der Waals surface area (Å²) < 4.78 is 5.48. The van der Waals surface area contributed by atoms with Gasteiger partial charge in [-0.05, 0) is 36.8 Å². The van der Waals surface area contributed by atoms with Crippen LogP contribution in [0.5, 0.6) is 0 Å². The summed E-state index contributed by atoms with van der Waals surface area (Å²) in [6, 6.07) is 11.0. The van der Waals surface area contributed by atoms with E-state index in [0.29, 0.717) is 16.8 Å². The van der Waals surface area contributed by atoms with Crippen molar-refractivity contribution < 1.29 is 9.21 Å². The maximum Gasteiger partial charge on any atom is 0.321 e. The van der Waals surface area contributed by atoms with Crippen molar-refractivity contribution in [2.75, 3.05) is 24.2 Å². The van der Waals surface area contributed by atoms with Gasteiger partial charge in [-0.15, -0.1) is 11.8 Å². The highest BCUT2D eigenvalue weighted by molar-refractivity contribution is 7.99. The number of nitrogens with one attached hydrogen (secondary N) is 1. The Morgan fingerprint density at radius 3 is 3.00 bits per heavy atom. The molecule has 1 aliphatic rings. The van der Waals surface area contributed by atoms with Crippen LogP contribution in [0, 0.1) is 0 Å². The van der Waals surface area contributed by atoms with Crippen LogP contribution in [-0.2, 0) is 0 Å². The molecule has 1 fully saturated rings. The number of nitrogens with zero attached hydrogens (tertiary/aromatic N) is 1. The molecule has 0 radical (unpaired) electrons. The van der Waals surface area contributed by atoms with Gasteiger partial charge in [0.1, 0.15) is 5.76 Å². The largest absolute Gasteiger partial charge is 0.468 e. The molecule has 0 spiro atoms. The molecule has 2 aromatic rings. The zero-order valence-electron chi connectivity index (χ0n) is 12.0. The third-order valence-corrected chi connectivity index (χ3v) is 5.09. The summed E-state index contributed by atoms with van der Waals surface area (Å²) in [6.07, 6.45) is 2.59. The molecule has 1 aromatic carbocycles. The average molecular weight is 337 g/mol. The van der Waals surface area contributed by atoms with E-state index in [9.17, 15) is 4.79 Å². The van der Waals surface area contributed by atoms with Crippen LogP contribution < -0.4 is 5.32 Å². The molecule has 3 rings (SSSR count). The van der Waals surface area contributed by atoms with Crippen molar-refractivity contribution in [3.8, 4) is 0 Å². The second-order valence-corrected chi connectivity index (χ2v) is 6.84. The van der Waals surface area contributed by atoms with Crippen LogP contribution in [0.1, 0.15) is 17.4 Å². The van der Waals surface area contributed by atoms with Gasteiger partial charge in [0.05, 0.1) is 11.5 Å². The van der Waals surface area contributed by atoms with Crippen LogP contribution in [0.15, 0.2) is 47.1 Å². The number of hydrogen-bond donors (Lipinski definition) is 1. The predicted octanol–water partition coefficient (Wildman–Crippen LogP) is 4.65. The Balaban J connectivity index is 1.59. The third kappa shape index (κ3) is 3.78. The number of rotatable bonds is 2. The van der Waals surface area contributed by atoms with Crippen molar-refractivity contribution in [3.05, 3.63) is 53.4 Å². The second-order valence-electron chi connectivity index (χ2n) is 5.09. The Bertz CT molecular complexity index is 633. The zero-order chi connectivity index (χ0) is 15.4. The number of carbonyl (C=O) groups is 1. The molecule has 1 aromatic heterocycles. The predicted molar refractivity (Wildman–Crippen MR) is 90.6 cm³/mol. The Labute approximate surface area is 138 Å². The summed E-state index contributed by atoms with van der Waals surface area (Å²) in [4.78, 5) is 14.2. The molecule has 1 aliphatic heterocycles. The summed E-state index contributed by atoms with van der Waals surface area (Å²) in [7, 11) is 0. The fraction of sp³-hybridized carbons (Fsp3) is 0.312. The molecule has 1 saturated heterocycles. The van der Waals surface area contributed by atoms with Gasteiger partial charge in [-0.3, -0.25) is 0 Å². The quantitative estimate of drug-likeness (QED) is 0.868. The standard InChI is InChI=1S/C16H17ClN2O2S/c17-12-3-1-4-13(11-12)18-16(20)19-7-6-15(22-10-8-19)14-5-2-9-21-14/h1-5,9,11,15H,6-8,10H2,(H,18,20). The van der Waals surface area contributed by atoms with Crippen molar-refractivity contribution >= 4 is 35.1 Å². The molecular formula is C16H17ClN2O2S. The summed E-state index contributed by atoms with van der Waals surface area (Å²) in [5.74, 6) is 1.89. The van der Waals surface area contributed by atoms with Gasteiger partial charge in [0.2, 0.25) is 0 Å². The van der Waals surface area contributed by atoms with E-state index in [1.54, 1.807) is 18.4 Å². The highest BCUT2D eigenvalue weighted by Gasteiger charge is 2.23. The Morgan fingerprint density at radius 2 is 2.23 bits per heavy atom. The molecule has 1 atom stereocenters. The highest BCUT2D eigenvalue weighted by atomic mass is 35.5. The first-order valence-electron chi connectivity index (χ1n) is 7.19. The van der Waals surface area contributed by atoms with Crippen molar-refractivity contribution in [1.82, 2.24) is 4.90 Å². The minimum atomic E-state index is -0.0806. The lowest BCUT2D eigenvalue weighted by Gasteiger charge is -2.20. The van der Waals surface area contributed by atoms with Crippen LogP contribution in [0.2, 0.25) is 5.02 Å². The minimum Gasteiger partial charge on any atom is -0.468 e. The number of furan rings is 1. The Morgan fingerprint density at radius 1 is 1.32 bits per heavy atom. The van der Waals surface area contributed by atoms with Crippen LogP contribution in [0.3, 0.4) is 0 Å². The highest BCUT2D eigenvalue weighted by Crippen LogP contribution is 2.34. The third-order valence-electron chi connectivity index (χ3n) is 3.57. The van der Waals surface area contributed by atoms with Gasteiger partial charge in [-0.2, -0.15) is 0 Å². The van der Waals surface area contributed by atoms with Crippen LogP contribution in [0.4, 0.5) is 10.5 Å². The van der Waals surface area contributed by atoms with E-state index in [1.165, 1.54) is 0 Å². The SMILES string of the molecule is O=C(Nc1cccc(Cl)c1)N1CCSC(c2ccco2)CC1. The van der Waals surface area contributed by atoms with E-state index in [-0.39, 0.29) is 6.03 Å². The lowest BCUT2D eigenvalue weighted by molar-refractivity contribution is 0.214. The van der Waals surface area contributed by atoms with E-state index < -0.39 is 0 Å². The molecule has 4 nitrogen and oxygen atoms in total. The van der Waals surface area contributed by atoms with E-state index in [1.807, 2.05) is 40.9 Å². The average Bonchev–Trinajstić information content (AvgIpc) is 2.92. The molecule has 6 heteroatoms. The topological polar surface area (TPSA) is 45.5 Å². The Kier molecular flexibility index (Phi) is 4.95. The fourth-order valence-corrected chi connectivity index (χ4v) is 3.82. The van der Waals surface area contributed by atoms with Crippen molar-refractivity contribution in [2.45, 2.75) is 11.7 Å². The van der Waals surface area contributed by atoms with Gasteiger partial charge in [0.15, 0.2) is 0 Å². The number of benzene rings is 1. The van der Waals surface area contributed by atoms with Gasteiger partial charge >= 0.3 is 6.03 Å². The summed E-state index contributed by atoms with van der Waals surface area (Å²) in [6.45, 7) is 1.44. The number of amides is 2. The van der Waals surface area contributed by atoms with E-state index >= 15 is 0 Å². The number of carbonyl (C=O) groups excluding carboxylic acids is 1. The lowest BCUT2D eigenvalue weighted by atomic mass is 10.2. The molecule has 2 amide bonds. The molecule has 116 valence electrons. The minimum absolute atomic E-state index is 0.0806. The normalized spacial score (nSPS) is 18.8. The van der Waals surface area contributed by atoms with E-state index in [4.69, 9.17) is 16.0 Å². The number of urea groups is 1. The lowest BCUT2D eigenvalue weighted by Crippen LogP contribution is -2.36. The second kappa shape index (κ2) is 7.11. The first-order chi connectivity index (χ1) is 10.7. The van der Waals surface area contributed by atoms with Crippen molar-refractivity contribution in [1.29, 1.82) is 0 Å². The van der Waals surface area contributed by atoms with Crippen LogP contribution >= 0.6 is 23.4 Å². The number of hydrogen-bond acceptors (Lipinski definition) is 3. The van der Waals surface area contributed by atoms with E-state index in [0.717, 1.165) is 30.2 Å². The van der Waals surface area contributed by atoms with Gasteiger partial charge in [0, 0.05) is 29.6 Å². The van der Waals surface area contributed by atoms with Crippen molar-refractivity contribution in [2.24, 2.45) is 0 Å². The molecule has 22 heavy (non-hydrogen) atoms. The molecule has 1 unspecified atom stereocenters. The smallest absolute Gasteiger partial charge is 0.321 e. The van der Waals surface area contributed by atoms with Crippen LogP contribution in [0.25, 0.3) is 0 Å². The molecule has 2 heterocycles. The first kappa shape index (κ1) is 15.3. The summed E-state index contributed by atoms with van der Waals surface area (Å²) in [5.41, 5.74) is 0.719. The summed E-state index contributed by atoms with van der Waals surface area (Å²) in [5, 5.41) is 3.83. The number of anilines is 1. The fourth-order valence-electron chi connectivity index (χ4n) is 2.44. The first-order valence-corrected chi connectivity index (χ1v) is 8.61. The monoisotopic (exact) mass is 336 g/mol. The molecule has 1 N–H and O–H groups in total. The zero-order valence-corrected chi connectivity index (χ0v) is 13.6. The number of thioether (sulfide) groups is 1. The maximum atomic E-state index is 12.4. The number of halogens is 1. The van der Waals surface area contributed by atoms with Gasteiger partial charge < -0.3 is 14.6 Å². The summed E-state index contributed by atoms with van der Waals surface area (Å²) >= 11 is 7.77. The molecular weight excluding hydrogens is 320 g/mol. The van der Waals surface area contributed by atoms with Gasteiger partial charge in [-0.1, -0.05) is 17.7 Å². The maximum absolute atomic E-state index is 12.4. The van der Waals surface area contributed by atoms with Gasteiger partial charge in [-0.25, -0.2) is 4.79 Å². The Hall–Kier alpha value is -1.59. The van der Waals surface area contributed by atoms with Crippen molar-refractivity contribution in [3.63, 3.8) is 0 Å². The molecule has 0 saturated carbocycles. The molecule has 0 bridgehead atoms. The van der Waals surface area contributed by atoms with E-state index in [2.05, 4.69) is 5.32 Å². The van der Waals surface area contributed by atoms with Crippen LogP contribution in [-0.4, -0.2) is 29.8 Å². The van der Waals surface area contributed by atoms with Gasteiger partial charge in [0.25, 0.3) is 0 Å². The molecule has 0 aliphatic carbocycles.